The van der Waals surface area contributed by atoms with E-state index in [1.54, 1.807) is 0 Å². The van der Waals surface area contributed by atoms with Crippen molar-refractivity contribution >= 4 is 75.1 Å². The van der Waals surface area contributed by atoms with E-state index in [1.807, 2.05) is 11.3 Å². The summed E-state index contributed by atoms with van der Waals surface area (Å²) in [5, 5.41) is 7.73. The van der Waals surface area contributed by atoms with Gasteiger partial charge in [-0.3, -0.25) is 0 Å². The average Bonchev–Trinajstić information content (AvgIpc) is 4.02. The summed E-state index contributed by atoms with van der Waals surface area (Å²) in [6.07, 6.45) is 0. The van der Waals surface area contributed by atoms with Crippen molar-refractivity contribution in [2.45, 2.75) is 0 Å². The largest absolute Gasteiger partial charge is 0.309 e. The number of rotatable bonds is 6. The Labute approximate surface area is 368 Å². The molecule has 0 amide bonds. The van der Waals surface area contributed by atoms with Crippen molar-refractivity contribution in [1.29, 1.82) is 0 Å². The molecule has 0 saturated carbocycles. The molecule has 0 N–H and O–H groups in total. The standard InChI is InChI=1S/C60H38N2S/c1-3-11-39(12-4-1)45-27-33-50-51-34-28-46(40-13-5-2-6-14-40)38-56(51)61(55(50)37-45)47-29-23-43(24-30-47)41-19-21-42(22-20-41)44-25-31-48(32-26-44)62-54-17-9-7-15-49(54)52-35-36-58-59(60(52)62)53-16-8-10-18-57(53)63-58/h1-38H. The number of aromatic nitrogens is 2. The summed E-state index contributed by atoms with van der Waals surface area (Å²) in [7, 11) is 0. The Kier molecular flexibility index (Phi) is 8.12. The molecular weight excluding hydrogens is 781 g/mol. The maximum atomic E-state index is 2.46. The van der Waals surface area contributed by atoms with Gasteiger partial charge in [0.25, 0.3) is 0 Å². The molecule has 294 valence electrons. The third kappa shape index (κ3) is 5.78. The highest BCUT2D eigenvalue weighted by Gasteiger charge is 2.19. The van der Waals surface area contributed by atoms with Crippen molar-refractivity contribution in [2.24, 2.45) is 0 Å². The minimum absolute atomic E-state index is 1.14. The smallest absolute Gasteiger partial charge is 0.0634 e. The van der Waals surface area contributed by atoms with Gasteiger partial charge in [0.1, 0.15) is 0 Å². The van der Waals surface area contributed by atoms with Crippen LogP contribution in [0.4, 0.5) is 0 Å². The zero-order chi connectivity index (χ0) is 41.4. The van der Waals surface area contributed by atoms with E-state index in [0.717, 1.165) is 5.69 Å². The zero-order valence-corrected chi connectivity index (χ0v) is 35.1. The first-order valence-electron chi connectivity index (χ1n) is 21.6. The lowest BCUT2D eigenvalue weighted by molar-refractivity contribution is 1.18. The fourth-order valence-corrected chi connectivity index (χ4v) is 11.0. The van der Waals surface area contributed by atoms with Crippen LogP contribution < -0.4 is 0 Å². The molecule has 0 fully saturated rings. The van der Waals surface area contributed by atoms with Gasteiger partial charge in [0, 0.05) is 53.1 Å². The number of hydrogen-bond donors (Lipinski definition) is 0. The number of thiophene rings is 1. The molecule has 0 radical (unpaired) electrons. The lowest BCUT2D eigenvalue weighted by atomic mass is 10.00. The predicted octanol–water partition coefficient (Wildman–Crippen LogP) is 16.9. The van der Waals surface area contributed by atoms with E-state index in [-0.39, 0.29) is 0 Å². The first-order chi connectivity index (χ1) is 31.2. The molecule has 3 heterocycles. The molecule has 3 aromatic heterocycles. The van der Waals surface area contributed by atoms with E-state index < -0.39 is 0 Å². The normalized spacial score (nSPS) is 11.8. The predicted molar refractivity (Wildman–Crippen MR) is 270 cm³/mol. The van der Waals surface area contributed by atoms with Crippen LogP contribution in [0.15, 0.2) is 231 Å². The van der Waals surface area contributed by atoms with Gasteiger partial charge in [-0.15, -0.1) is 11.3 Å². The molecule has 63 heavy (non-hydrogen) atoms. The third-order valence-electron chi connectivity index (χ3n) is 13.0. The molecule has 13 aromatic rings. The van der Waals surface area contributed by atoms with Crippen LogP contribution in [-0.4, -0.2) is 9.13 Å². The fraction of sp³-hybridized carbons (Fsp3) is 0. The maximum absolute atomic E-state index is 2.46. The highest BCUT2D eigenvalue weighted by Crippen LogP contribution is 2.43. The Hall–Kier alpha value is -7.98. The van der Waals surface area contributed by atoms with Crippen LogP contribution in [0.2, 0.25) is 0 Å². The van der Waals surface area contributed by atoms with Crippen molar-refractivity contribution in [3.63, 3.8) is 0 Å². The van der Waals surface area contributed by atoms with Crippen LogP contribution in [0.1, 0.15) is 0 Å². The van der Waals surface area contributed by atoms with Gasteiger partial charge in [-0.1, -0.05) is 176 Å². The minimum atomic E-state index is 1.14. The Morgan fingerprint density at radius 3 is 1.24 bits per heavy atom. The van der Waals surface area contributed by atoms with Crippen LogP contribution in [0.3, 0.4) is 0 Å². The lowest BCUT2D eigenvalue weighted by Crippen LogP contribution is -1.94. The Bertz CT molecular complexity index is 3760. The van der Waals surface area contributed by atoms with Gasteiger partial charge in [-0.25, -0.2) is 0 Å². The monoisotopic (exact) mass is 818 g/mol. The van der Waals surface area contributed by atoms with Crippen LogP contribution in [0, 0.1) is 0 Å². The summed E-state index contributed by atoms with van der Waals surface area (Å²) in [5.41, 5.74) is 16.8. The molecule has 0 bridgehead atoms. The Balaban J connectivity index is 0.851. The number of para-hydroxylation sites is 1. The highest BCUT2D eigenvalue weighted by molar-refractivity contribution is 7.26. The number of nitrogens with zero attached hydrogens (tertiary/aromatic N) is 2. The fourth-order valence-electron chi connectivity index (χ4n) is 9.91. The van der Waals surface area contributed by atoms with Crippen LogP contribution in [0.25, 0.3) is 120 Å². The topological polar surface area (TPSA) is 9.86 Å². The second-order valence-corrected chi connectivity index (χ2v) is 17.6. The van der Waals surface area contributed by atoms with E-state index in [9.17, 15) is 0 Å². The van der Waals surface area contributed by atoms with Crippen molar-refractivity contribution in [2.75, 3.05) is 0 Å². The molecule has 0 atom stereocenters. The van der Waals surface area contributed by atoms with Crippen LogP contribution in [-0.2, 0) is 0 Å². The molecule has 10 aromatic carbocycles. The summed E-state index contributed by atoms with van der Waals surface area (Å²) in [6.45, 7) is 0. The molecule has 0 unspecified atom stereocenters. The van der Waals surface area contributed by atoms with Gasteiger partial charge in [0.05, 0.1) is 22.1 Å². The van der Waals surface area contributed by atoms with Gasteiger partial charge in [0.15, 0.2) is 0 Å². The molecule has 3 heteroatoms. The van der Waals surface area contributed by atoms with Crippen LogP contribution in [0.5, 0.6) is 0 Å². The molecule has 2 nitrogen and oxygen atoms in total. The van der Waals surface area contributed by atoms with Crippen molar-refractivity contribution < 1.29 is 0 Å². The summed E-state index contributed by atoms with van der Waals surface area (Å²) in [4.78, 5) is 0. The summed E-state index contributed by atoms with van der Waals surface area (Å²) >= 11 is 1.87. The van der Waals surface area contributed by atoms with Gasteiger partial charge >= 0.3 is 0 Å². The van der Waals surface area contributed by atoms with E-state index in [4.69, 9.17) is 0 Å². The van der Waals surface area contributed by atoms with Crippen molar-refractivity contribution in [1.82, 2.24) is 9.13 Å². The zero-order valence-electron chi connectivity index (χ0n) is 34.2. The molecule has 0 aliphatic heterocycles. The van der Waals surface area contributed by atoms with E-state index >= 15 is 0 Å². The second kappa shape index (κ2) is 14.3. The summed E-state index contributed by atoms with van der Waals surface area (Å²) < 4.78 is 7.54. The van der Waals surface area contributed by atoms with Gasteiger partial charge in [-0.05, 0) is 99.1 Å². The van der Waals surface area contributed by atoms with Gasteiger partial charge in [0.2, 0.25) is 0 Å². The Morgan fingerprint density at radius 2 is 0.667 bits per heavy atom. The molecular formula is C60H38N2S. The molecule has 0 aliphatic rings. The van der Waals surface area contributed by atoms with Crippen LogP contribution >= 0.6 is 11.3 Å². The molecule has 0 saturated heterocycles. The van der Waals surface area contributed by atoms with Crippen molar-refractivity contribution in [3.05, 3.63) is 231 Å². The first-order valence-corrected chi connectivity index (χ1v) is 22.4. The number of fused-ring (bicyclic) bond motifs is 10. The highest BCUT2D eigenvalue weighted by atomic mass is 32.1. The minimum Gasteiger partial charge on any atom is -0.309 e. The van der Waals surface area contributed by atoms with E-state index in [2.05, 4.69) is 240 Å². The summed E-state index contributed by atoms with van der Waals surface area (Å²) in [5.74, 6) is 0. The van der Waals surface area contributed by atoms with Gasteiger partial charge in [-0.2, -0.15) is 0 Å². The maximum Gasteiger partial charge on any atom is 0.0634 e. The molecule has 0 aliphatic carbocycles. The van der Waals surface area contributed by atoms with Crippen molar-refractivity contribution in [3.8, 4) is 55.9 Å². The summed E-state index contributed by atoms with van der Waals surface area (Å²) in [6, 6.07) is 84.5. The Morgan fingerprint density at radius 1 is 0.254 bits per heavy atom. The first kappa shape index (κ1) is 35.7. The third-order valence-corrected chi connectivity index (χ3v) is 14.1. The lowest BCUT2D eigenvalue weighted by Gasteiger charge is -2.12. The number of benzene rings is 10. The quantitative estimate of drug-likeness (QED) is 0.158. The SMILES string of the molecule is c1ccc(-c2ccc3c4ccc(-c5ccccc5)cc4n(-c4ccc(-c5ccc(-c6ccc(-n7c8ccccc8c8ccc9sc%10ccccc%10c9c87)cc6)cc5)cc4)c3c2)cc1. The number of hydrogen-bond acceptors (Lipinski definition) is 1. The van der Waals surface area contributed by atoms with E-state index in [0.29, 0.717) is 0 Å². The molecule has 13 rings (SSSR count). The van der Waals surface area contributed by atoms with E-state index in [1.165, 1.54) is 114 Å². The molecule has 0 spiro atoms. The van der Waals surface area contributed by atoms with Gasteiger partial charge < -0.3 is 9.13 Å². The second-order valence-electron chi connectivity index (χ2n) is 16.5. The average molecular weight is 819 g/mol.